The fraction of sp³-hybridized carbons (Fsp3) is 0.455. The zero-order chi connectivity index (χ0) is 21.4. The molecule has 1 amide bonds. The van der Waals surface area contributed by atoms with E-state index in [0.29, 0.717) is 17.3 Å². The van der Waals surface area contributed by atoms with E-state index < -0.39 is 5.82 Å². The Morgan fingerprint density at radius 1 is 1.20 bits per heavy atom. The fourth-order valence-electron chi connectivity index (χ4n) is 4.17. The first-order chi connectivity index (χ1) is 14.4. The number of amides is 1. The van der Waals surface area contributed by atoms with Crippen molar-refractivity contribution in [2.24, 2.45) is 17.6 Å². The molecule has 1 saturated carbocycles. The number of nitrogens with one attached hydrogen (secondary N) is 1. The first kappa shape index (κ1) is 20.4. The molecule has 0 saturated heterocycles. The van der Waals surface area contributed by atoms with Crippen LogP contribution >= 0.6 is 0 Å². The number of hydrogen-bond acceptors (Lipinski definition) is 5. The van der Waals surface area contributed by atoms with Gasteiger partial charge in [0.05, 0.1) is 11.6 Å². The van der Waals surface area contributed by atoms with E-state index in [1.165, 1.54) is 17.3 Å². The number of carbonyl (C=O) groups is 1. The van der Waals surface area contributed by atoms with Gasteiger partial charge in [-0.15, -0.1) is 0 Å². The molecular weight excluding hydrogens is 383 g/mol. The number of halogens is 1. The van der Waals surface area contributed by atoms with E-state index in [1.54, 1.807) is 26.2 Å². The van der Waals surface area contributed by atoms with Crippen LogP contribution in [0.4, 0.5) is 4.39 Å². The molecular formula is C22H27FN6O. The van der Waals surface area contributed by atoms with Crippen molar-refractivity contribution in [3.63, 3.8) is 0 Å². The smallest absolute Gasteiger partial charge is 0.274 e. The van der Waals surface area contributed by atoms with E-state index in [1.807, 2.05) is 0 Å². The zero-order valence-corrected chi connectivity index (χ0v) is 17.5. The van der Waals surface area contributed by atoms with E-state index in [0.717, 1.165) is 31.6 Å². The van der Waals surface area contributed by atoms with Crippen LogP contribution in [0.1, 0.15) is 55.0 Å². The number of carbonyl (C=O) groups excluding carboxylic acids is 1. The van der Waals surface area contributed by atoms with Gasteiger partial charge >= 0.3 is 0 Å². The van der Waals surface area contributed by atoms with Crippen LogP contribution in [0.25, 0.3) is 22.3 Å². The van der Waals surface area contributed by atoms with Crippen molar-refractivity contribution in [2.45, 2.75) is 38.6 Å². The second kappa shape index (κ2) is 8.10. The van der Waals surface area contributed by atoms with Gasteiger partial charge in [-0.1, -0.05) is 19.8 Å². The van der Waals surface area contributed by atoms with E-state index in [9.17, 15) is 4.79 Å². The van der Waals surface area contributed by atoms with Gasteiger partial charge in [0.2, 0.25) is 0 Å². The number of benzene rings is 1. The molecule has 1 aliphatic rings. The number of imidazole rings is 1. The van der Waals surface area contributed by atoms with Crippen LogP contribution in [0.15, 0.2) is 24.5 Å². The van der Waals surface area contributed by atoms with Crippen molar-refractivity contribution in [2.75, 3.05) is 14.1 Å². The highest BCUT2D eigenvalue weighted by atomic mass is 19.1. The van der Waals surface area contributed by atoms with Gasteiger partial charge in [0.25, 0.3) is 5.91 Å². The lowest BCUT2D eigenvalue weighted by Crippen LogP contribution is -2.26. The number of hydrogen-bond donors (Lipinski definition) is 2. The van der Waals surface area contributed by atoms with Crippen LogP contribution in [0.3, 0.4) is 0 Å². The summed E-state index contributed by atoms with van der Waals surface area (Å²) in [5.74, 6) is 0.801. The molecule has 0 aliphatic heterocycles. The zero-order valence-electron chi connectivity index (χ0n) is 17.5. The number of nitrogens with zero attached hydrogens (tertiary/aromatic N) is 4. The third kappa shape index (κ3) is 3.67. The van der Waals surface area contributed by atoms with Crippen LogP contribution in [0.5, 0.6) is 0 Å². The van der Waals surface area contributed by atoms with E-state index in [2.05, 4.69) is 26.9 Å². The number of aromatic nitrogens is 4. The lowest BCUT2D eigenvalue weighted by atomic mass is 9.79. The Balaban J connectivity index is 1.72. The molecule has 30 heavy (non-hydrogen) atoms. The van der Waals surface area contributed by atoms with Crippen LogP contribution < -0.4 is 5.73 Å². The van der Waals surface area contributed by atoms with Gasteiger partial charge in [0.1, 0.15) is 17.0 Å². The van der Waals surface area contributed by atoms with Crippen molar-refractivity contribution in [1.82, 2.24) is 24.8 Å². The summed E-state index contributed by atoms with van der Waals surface area (Å²) < 4.78 is 15.5. The molecule has 3 aromatic rings. The highest BCUT2D eigenvalue weighted by Crippen LogP contribution is 2.36. The Morgan fingerprint density at radius 2 is 1.90 bits per heavy atom. The predicted molar refractivity (Wildman–Crippen MR) is 113 cm³/mol. The molecule has 4 rings (SSSR count). The van der Waals surface area contributed by atoms with Crippen molar-refractivity contribution in [3.8, 4) is 11.3 Å². The minimum atomic E-state index is -0.534. The molecule has 1 atom stereocenters. The maximum atomic E-state index is 15.5. The number of nitrogens with two attached hydrogens (primary N) is 1. The molecule has 0 bridgehead atoms. The van der Waals surface area contributed by atoms with E-state index in [-0.39, 0.29) is 34.4 Å². The highest BCUT2D eigenvalue weighted by molar-refractivity contribution is 5.98. The summed E-state index contributed by atoms with van der Waals surface area (Å²) in [7, 11) is 3.24. The Labute approximate surface area is 174 Å². The summed E-state index contributed by atoms with van der Waals surface area (Å²) >= 11 is 0. The van der Waals surface area contributed by atoms with Gasteiger partial charge in [0.15, 0.2) is 11.5 Å². The van der Waals surface area contributed by atoms with Gasteiger partial charge in [-0.25, -0.2) is 14.4 Å². The van der Waals surface area contributed by atoms with Gasteiger partial charge in [-0.05, 0) is 36.8 Å². The van der Waals surface area contributed by atoms with Gasteiger partial charge in [-0.3, -0.25) is 9.78 Å². The molecule has 2 aromatic heterocycles. The lowest BCUT2D eigenvalue weighted by Gasteiger charge is -2.29. The summed E-state index contributed by atoms with van der Waals surface area (Å²) in [5.41, 5.74) is 7.76. The Hall–Kier alpha value is -2.87. The first-order valence-electron chi connectivity index (χ1n) is 10.3. The van der Waals surface area contributed by atoms with Gasteiger partial charge < -0.3 is 15.6 Å². The second-order valence-corrected chi connectivity index (χ2v) is 8.44. The van der Waals surface area contributed by atoms with Crippen LogP contribution in [0.2, 0.25) is 0 Å². The molecule has 1 aromatic carbocycles. The van der Waals surface area contributed by atoms with Crippen LogP contribution in [0, 0.1) is 17.7 Å². The van der Waals surface area contributed by atoms with Gasteiger partial charge in [-0.2, -0.15) is 0 Å². The average molecular weight is 410 g/mol. The molecule has 2 heterocycles. The van der Waals surface area contributed by atoms with Crippen molar-refractivity contribution in [1.29, 1.82) is 0 Å². The number of H-pyrrole nitrogens is 1. The highest BCUT2D eigenvalue weighted by Gasteiger charge is 2.28. The summed E-state index contributed by atoms with van der Waals surface area (Å²) in [6, 6.07) is 3.10. The molecule has 0 unspecified atom stereocenters. The summed E-state index contributed by atoms with van der Waals surface area (Å²) in [6.07, 6.45) is 7.30. The van der Waals surface area contributed by atoms with Crippen molar-refractivity contribution >= 4 is 16.9 Å². The lowest BCUT2D eigenvalue weighted by molar-refractivity contribution is 0.0822. The molecule has 158 valence electrons. The van der Waals surface area contributed by atoms with Crippen LogP contribution in [-0.4, -0.2) is 44.8 Å². The second-order valence-electron chi connectivity index (χ2n) is 8.44. The Morgan fingerprint density at radius 3 is 2.60 bits per heavy atom. The topological polar surface area (TPSA) is 101 Å². The maximum absolute atomic E-state index is 15.5. The van der Waals surface area contributed by atoms with Crippen molar-refractivity contribution < 1.29 is 9.18 Å². The molecule has 0 spiro atoms. The summed E-state index contributed by atoms with van der Waals surface area (Å²) in [4.78, 5) is 29.9. The fourth-order valence-corrected chi connectivity index (χ4v) is 4.17. The van der Waals surface area contributed by atoms with Crippen LogP contribution in [-0.2, 0) is 0 Å². The minimum absolute atomic E-state index is 0.101. The predicted octanol–water partition coefficient (Wildman–Crippen LogP) is 3.69. The summed E-state index contributed by atoms with van der Waals surface area (Å²) in [5, 5.41) is 0. The molecule has 0 radical (unpaired) electrons. The van der Waals surface area contributed by atoms with Gasteiger partial charge in [0, 0.05) is 32.1 Å². The van der Waals surface area contributed by atoms with E-state index in [4.69, 9.17) is 5.73 Å². The Kier molecular flexibility index (Phi) is 5.51. The molecule has 1 aliphatic carbocycles. The average Bonchev–Trinajstić information content (AvgIpc) is 3.19. The monoisotopic (exact) mass is 410 g/mol. The Bertz CT molecular complexity index is 1070. The normalized spacial score (nSPS) is 20.3. The SMILES string of the molecule is CC1CCC([C@H](N)c2nc3c(F)c(-c4nccnc4C(=O)N(C)C)ccc3[nH]2)CC1. The van der Waals surface area contributed by atoms with Crippen molar-refractivity contribution in [3.05, 3.63) is 41.9 Å². The molecule has 3 N–H and O–H groups in total. The third-order valence-electron chi connectivity index (χ3n) is 6.06. The first-order valence-corrected chi connectivity index (χ1v) is 10.3. The minimum Gasteiger partial charge on any atom is -0.343 e. The summed E-state index contributed by atoms with van der Waals surface area (Å²) in [6.45, 7) is 2.27. The molecule has 1 fully saturated rings. The largest absolute Gasteiger partial charge is 0.343 e. The molecule has 7 nitrogen and oxygen atoms in total. The maximum Gasteiger partial charge on any atom is 0.274 e. The number of aromatic amines is 1. The molecule has 8 heteroatoms. The third-order valence-corrected chi connectivity index (χ3v) is 6.06. The number of fused-ring (bicyclic) bond motifs is 1. The number of rotatable bonds is 4. The standard InChI is InChI=1S/C22H27FN6O/c1-12-4-6-13(7-5-12)17(24)21-27-15-9-8-14(16(23)19(15)28-21)18-20(22(30)29(2)3)26-11-10-25-18/h8-13,17H,4-7,24H2,1-3H3,(H,27,28)/t12?,13?,17-/m0/s1. The quantitative estimate of drug-likeness (QED) is 0.683. The van der Waals surface area contributed by atoms with E-state index >= 15 is 4.39 Å².